The first-order chi connectivity index (χ1) is 11.8. The molecule has 2 aromatic rings. The van der Waals surface area contributed by atoms with E-state index in [9.17, 15) is 9.90 Å². The number of carbonyl (C=O) groups is 1. The lowest BCUT2D eigenvalue weighted by Crippen LogP contribution is -2.50. The fraction of sp³-hybridized carbons (Fsp3) is 0.429. The molecule has 0 unspecified atom stereocenters. The molecule has 132 valence electrons. The summed E-state index contributed by atoms with van der Waals surface area (Å²) in [5.74, 6) is 0.108. The van der Waals surface area contributed by atoms with Gasteiger partial charge in [0.25, 0.3) is 0 Å². The van der Waals surface area contributed by atoms with E-state index in [1.807, 2.05) is 26.0 Å². The van der Waals surface area contributed by atoms with Crippen LogP contribution in [-0.2, 0) is 11.2 Å². The summed E-state index contributed by atoms with van der Waals surface area (Å²) in [6.45, 7) is 8.31. The van der Waals surface area contributed by atoms with Gasteiger partial charge in [-0.3, -0.25) is 4.99 Å². The predicted octanol–water partition coefficient (Wildman–Crippen LogP) is 4.01. The van der Waals surface area contributed by atoms with Crippen LogP contribution in [-0.4, -0.2) is 28.5 Å². The quantitative estimate of drug-likeness (QED) is 0.885. The molecule has 4 nitrogen and oxygen atoms in total. The van der Waals surface area contributed by atoms with Gasteiger partial charge in [0.1, 0.15) is 11.9 Å². The van der Waals surface area contributed by atoms with Gasteiger partial charge >= 0.3 is 5.97 Å². The highest BCUT2D eigenvalue weighted by Crippen LogP contribution is 2.30. The zero-order valence-corrected chi connectivity index (χ0v) is 15.3. The second-order valence-electron chi connectivity index (χ2n) is 7.96. The standard InChI is InChI=1S/C21H26N2O2/c1-13(2)11-18(20(24)25)22-19-16-10-9-14-7-5-6-8-15(14)17(16)12-21(3,4)23-19/h5-10,13,18H,11-12H2,1-4H3,(H,22,23)(H,24,25)/t18-/m0/s1. The number of aliphatic carboxylic acids is 1. The van der Waals surface area contributed by atoms with Crippen LogP contribution in [0.25, 0.3) is 10.8 Å². The Morgan fingerprint density at radius 1 is 1.24 bits per heavy atom. The predicted molar refractivity (Wildman–Crippen MR) is 102 cm³/mol. The summed E-state index contributed by atoms with van der Waals surface area (Å²) >= 11 is 0. The van der Waals surface area contributed by atoms with Crippen LogP contribution in [0.15, 0.2) is 41.4 Å². The molecule has 0 saturated heterocycles. The third-order valence-electron chi connectivity index (χ3n) is 4.64. The number of fused-ring (bicyclic) bond motifs is 3. The summed E-state index contributed by atoms with van der Waals surface area (Å²) in [6, 6.07) is 11.8. The monoisotopic (exact) mass is 338 g/mol. The number of aliphatic imine (C=N–C) groups is 1. The van der Waals surface area contributed by atoms with E-state index in [-0.39, 0.29) is 11.5 Å². The van der Waals surface area contributed by atoms with Crippen molar-refractivity contribution < 1.29 is 9.90 Å². The van der Waals surface area contributed by atoms with Crippen molar-refractivity contribution in [3.63, 3.8) is 0 Å². The van der Waals surface area contributed by atoms with Crippen molar-refractivity contribution in [3.05, 3.63) is 47.5 Å². The fourth-order valence-corrected chi connectivity index (χ4v) is 3.54. The van der Waals surface area contributed by atoms with Crippen molar-refractivity contribution >= 4 is 22.6 Å². The Labute approximate surface area is 149 Å². The summed E-state index contributed by atoms with van der Waals surface area (Å²) in [5.41, 5.74) is 2.10. The normalized spacial score (nSPS) is 18.8. The van der Waals surface area contributed by atoms with Gasteiger partial charge in [-0.1, -0.05) is 50.2 Å². The van der Waals surface area contributed by atoms with Crippen molar-refractivity contribution in [2.24, 2.45) is 10.9 Å². The Hall–Kier alpha value is -2.36. The smallest absolute Gasteiger partial charge is 0.328 e. The van der Waals surface area contributed by atoms with Gasteiger partial charge in [-0.15, -0.1) is 0 Å². The Balaban J connectivity index is 2.14. The third kappa shape index (κ3) is 3.68. The summed E-state index contributed by atoms with van der Waals surface area (Å²) in [5, 5.41) is 15.5. The van der Waals surface area contributed by atoms with Gasteiger partial charge in [-0.05, 0) is 48.9 Å². The van der Waals surface area contributed by atoms with Crippen LogP contribution in [0.2, 0.25) is 0 Å². The topological polar surface area (TPSA) is 61.7 Å². The second kappa shape index (κ2) is 6.51. The van der Waals surface area contributed by atoms with E-state index < -0.39 is 12.0 Å². The van der Waals surface area contributed by atoms with Crippen molar-refractivity contribution in [3.8, 4) is 0 Å². The first-order valence-corrected chi connectivity index (χ1v) is 8.86. The maximum Gasteiger partial charge on any atom is 0.328 e. The van der Waals surface area contributed by atoms with E-state index >= 15 is 0 Å². The molecule has 3 rings (SSSR count). The molecule has 1 heterocycles. The average molecular weight is 338 g/mol. The van der Waals surface area contributed by atoms with Gasteiger partial charge in [0.15, 0.2) is 0 Å². The minimum Gasteiger partial charge on any atom is -0.480 e. The average Bonchev–Trinajstić information content (AvgIpc) is 2.52. The van der Waals surface area contributed by atoms with E-state index in [1.165, 1.54) is 16.3 Å². The number of rotatable bonds is 4. The number of hydrogen-bond donors (Lipinski definition) is 2. The van der Waals surface area contributed by atoms with Gasteiger partial charge in [0.05, 0.1) is 0 Å². The van der Waals surface area contributed by atoms with Gasteiger partial charge in [0, 0.05) is 11.1 Å². The Morgan fingerprint density at radius 3 is 2.64 bits per heavy atom. The molecule has 0 fully saturated rings. The first kappa shape index (κ1) is 17.5. The Bertz CT molecular complexity index is 837. The highest BCUT2D eigenvalue weighted by molar-refractivity contribution is 6.06. The molecule has 2 N–H and O–H groups in total. The van der Waals surface area contributed by atoms with Crippen LogP contribution in [0, 0.1) is 5.92 Å². The van der Waals surface area contributed by atoms with Crippen molar-refractivity contribution in [2.45, 2.75) is 52.1 Å². The fourth-order valence-electron chi connectivity index (χ4n) is 3.54. The largest absolute Gasteiger partial charge is 0.480 e. The number of carboxylic acids is 1. The van der Waals surface area contributed by atoms with E-state index in [2.05, 4.69) is 48.4 Å². The molecule has 1 aliphatic heterocycles. The van der Waals surface area contributed by atoms with Crippen LogP contribution in [0.5, 0.6) is 0 Å². The highest BCUT2D eigenvalue weighted by Gasteiger charge is 2.31. The first-order valence-electron chi connectivity index (χ1n) is 8.86. The molecule has 0 amide bonds. The Morgan fingerprint density at radius 2 is 1.96 bits per heavy atom. The lowest BCUT2D eigenvalue weighted by atomic mass is 9.84. The summed E-state index contributed by atoms with van der Waals surface area (Å²) in [7, 11) is 0. The van der Waals surface area contributed by atoms with Crippen LogP contribution in [0.1, 0.15) is 45.2 Å². The van der Waals surface area contributed by atoms with Crippen LogP contribution < -0.4 is 5.32 Å². The lowest BCUT2D eigenvalue weighted by Gasteiger charge is -2.36. The number of nitrogens with one attached hydrogen (secondary N) is 1. The molecule has 4 heteroatoms. The SMILES string of the molecule is CC(C)C[C@H](N=C1NC(C)(C)Cc2c1ccc1ccccc21)C(=O)O. The molecule has 1 atom stereocenters. The zero-order chi connectivity index (χ0) is 18.2. The van der Waals surface area contributed by atoms with Gasteiger partial charge in [-0.2, -0.15) is 0 Å². The number of nitrogens with zero attached hydrogens (tertiary/aromatic N) is 1. The number of amidine groups is 1. The molecule has 0 spiro atoms. The van der Waals surface area contributed by atoms with Crippen LogP contribution in [0.3, 0.4) is 0 Å². The van der Waals surface area contributed by atoms with E-state index in [0.29, 0.717) is 12.3 Å². The molecular weight excluding hydrogens is 312 g/mol. The van der Waals surface area contributed by atoms with Crippen molar-refractivity contribution in [1.29, 1.82) is 0 Å². The molecule has 25 heavy (non-hydrogen) atoms. The van der Waals surface area contributed by atoms with Crippen LogP contribution in [0.4, 0.5) is 0 Å². The molecule has 1 aliphatic rings. The lowest BCUT2D eigenvalue weighted by molar-refractivity contribution is -0.138. The van der Waals surface area contributed by atoms with Gasteiger partial charge in [0.2, 0.25) is 0 Å². The highest BCUT2D eigenvalue weighted by atomic mass is 16.4. The van der Waals surface area contributed by atoms with E-state index in [0.717, 1.165) is 12.0 Å². The maximum absolute atomic E-state index is 11.7. The molecule has 2 aromatic carbocycles. The maximum atomic E-state index is 11.7. The van der Waals surface area contributed by atoms with Gasteiger partial charge in [-0.25, -0.2) is 4.79 Å². The molecule has 0 aliphatic carbocycles. The molecular formula is C21H26N2O2. The molecule has 0 saturated carbocycles. The molecule has 0 bridgehead atoms. The summed E-state index contributed by atoms with van der Waals surface area (Å²) in [4.78, 5) is 16.3. The Kier molecular flexibility index (Phi) is 4.55. The zero-order valence-electron chi connectivity index (χ0n) is 15.3. The van der Waals surface area contributed by atoms with Crippen molar-refractivity contribution in [1.82, 2.24) is 5.32 Å². The third-order valence-corrected chi connectivity index (χ3v) is 4.64. The summed E-state index contributed by atoms with van der Waals surface area (Å²) < 4.78 is 0. The van der Waals surface area contributed by atoms with Crippen molar-refractivity contribution in [2.75, 3.05) is 0 Å². The molecule has 0 radical (unpaired) electrons. The minimum absolute atomic E-state index is 0.170. The number of hydrogen-bond acceptors (Lipinski definition) is 2. The summed E-state index contributed by atoms with van der Waals surface area (Å²) in [6.07, 6.45) is 1.41. The minimum atomic E-state index is -0.867. The van der Waals surface area contributed by atoms with Gasteiger partial charge < -0.3 is 10.4 Å². The molecule has 0 aromatic heterocycles. The number of carboxylic acid groups (broad SMARTS) is 1. The van der Waals surface area contributed by atoms with E-state index in [4.69, 9.17) is 0 Å². The second-order valence-corrected chi connectivity index (χ2v) is 7.96. The van der Waals surface area contributed by atoms with E-state index in [1.54, 1.807) is 0 Å². The van der Waals surface area contributed by atoms with Crippen LogP contribution >= 0.6 is 0 Å². The number of benzene rings is 2.